The van der Waals surface area contributed by atoms with Gasteiger partial charge in [0.05, 0.1) is 32.4 Å². The van der Waals surface area contributed by atoms with Crippen LogP contribution >= 0.6 is 0 Å². The molecule has 0 aliphatic carbocycles. The third-order valence-corrected chi connectivity index (χ3v) is 4.01. The molecule has 1 amide bonds. The number of nitrogens with one attached hydrogen (secondary N) is 1. The van der Waals surface area contributed by atoms with Crippen LogP contribution in [0.3, 0.4) is 0 Å². The number of carbonyl (C=O) groups is 1. The zero-order valence-corrected chi connectivity index (χ0v) is 15.7. The smallest absolute Gasteiger partial charge is 0.242 e. The van der Waals surface area contributed by atoms with Crippen molar-refractivity contribution in [2.75, 3.05) is 59.6 Å². The molecule has 24 heavy (non-hydrogen) atoms. The summed E-state index contributed by atoms with van der Waals surface area (Å²) >= 11 is 0. The average molecular weight is 342 g/mol. The maximum absolute atomic E-state index is 12.2. The zero-order chi connectivity index (χ0) is 17.8. The summed E-state index contributed by atoms with van der Waals surface area (Å²) in [5, 5.41) is 3.22. The summed E-state index contributed by atoms with van der Waals surface area (Å²) in [5.41, 5.74) is 0. The van der Waals surface area contributed by atoms with E-state index in [0.717, 1.165) is 45.0 Å². The van der Waals surface area contributed by atoms with Crippen LogP contribution in [0.15, 0.2) is 4.99 Å². The number of ether oxygens (including phenoxy) is 2. The van der Waals surface area contributed by atoms with Crippen LogP contribution in [0.5, 0.6) is 0 Å². The molecule has 1 N–H and O–H groups in total. The van der Waals surface area contributed by atoms with Crippen LogP contribution in [0.4, 0.5) is 0 Å². The summed E-state index contributed by atoms with van der Waals surface area (Å²) in [4.78, 5) is 20.4. The van der Waals surface area contributed by atoms with Crippen LogP contribution < -0.4 is 5.32 Å². The molecule has 0 aromatic rings. The largest absolute Gasteiger partial charge is 0.377 e. The number of hydrogen-bond acceptors (Lipinski definition) is 4. The second kappa shape index (κ2) is 12.1. The molecule has 0 radical (unpaired) electrons. The Morgan fingerprint density at radius 2 is 2.08 bits per heavy atom. The van der Waals surface area contributed by atoms with Crippen LogP contribution in [-0.4, -0.2) is 87.4 Å². The van der Waals surface area contributed by atoms with Crippen molar-refractivity contribution in [3.8, 4) is 0 Å². The molecule has 1 aliphatic heterocycles. The number of hydrogen-bond donors (Lipinski definition) is 1. The Morgan fingerprint density at radius 1 is 1.33 bits per heavy atom. The number of guanidine groups is 1. The Morgan fingerprint density at radius 3 is 2.67 bits per heavy atom. The Balaban J connectivity index is 2.37. The topological polar surface area (TPSA) is 66.4 Å². The predicted octanol–water partition coefficient (Wildman–Crippen LogP) is 0.948. The highest BCUT2D eigenvalue weighted by atomic mass is 16.5. The van der Waals surface area contributed by atoms with Crippen molar-refractivity contribution in [2.45, 2.75) is 39.7 Å². The zero-order valence-electron chi connectivity index (χ0n) is 15.7. The molecule has 0 saturated carbocycles. The predicted molar refractivity (Wildman–Crippen MR) is 96.3 cm³/mol. The van der Waals surface area contributed by atoms with Crippen LogP contribution in [0.2, 0.25) is 0 Å². The first-order valence-electron chi connectivity index (χ1n) is 9.08. The fourth-order valence-corrected chi connectivity index (χ4v) is 2.63. The Bertz CT molecular complexity index is 380. The molecular weight excluding hydrogens is 308 g/mol. The first kappa shape index (κ1) is 20.7. The average Bonchev–Trinajstić information content (AvgIpc) is 3.08. The minimum atomic E-state index is 0.114. The van der Waals surface area contributed by atoms with Gasteiger partial charge in [-0.2, -0.15) is 0 Å². The monoisotopic (exact) mass is 342 g/mol. The quantitative estimate of drug-likeness (QED) is 0.364. The van der Waals surface area contributed by atoms with Gasteiger partial charge < -0.3 is 24.6 Å². The standard InChI is InChI=1S/C17H34N4O3/c1-5-18-17(20(4)13-16(22)21(6-2)7-3)19-10-12-23-14-15-9-8-11-24-15/h15H,5-14H2,1-4H3,(H,18,19). The van der Waals surface area contributed by atoms with Gasteiger partial charge in [0, 0.05) is 33.3 Å². The van der Waals surface area contributed by atoms with Crippen LogP contribution in [0.1, 0.15) is 33.6 Å². The van der Waals surface area contributed by atoms with Gasteiger partial charge in [-0.15, -0.1) is 0 Å². The summed E-state index contributed by atoms with van der Waals surface area (Å²) in [6, 6.07) is 0. The second-order valence-electron chi connectivity index (χ2n) is 5.87. The van der Waals surface area contributed by atoms with Crippen molar-refractivity contribution in [3.63, 3.8) is 0 Å². The number of carbonyl (C=O) groups excluding carboxylic acids is 1. The van der Waals surface area contributed by atoms with Crippen molar-refractivity contribution in [1.29, 1.82) is 0 Å². The van der Waals surface area contributed by atoms with E-state index in [-0.39, 0.29) is 12.0 Å². The molecule has 1 rings (SSSR count). The molecule has 1 aliphatic rings. The van der Waals surface area contributed by atoms with Gasteiger partial charge in [0.25, 0.3) is 0 Å². The number of rotatable bonds is 10. The minimum absolute atomic E-state index is 0.114. The van der Waals surface area contributed by atoms with Gasteiger partial charge in [-0.25, -0.2) is 0 Å². The Kier molecular flexibility index (Phi) is 10.4. The summed E-state index contributed by atoms with van der Waals surface area (Å²) in [6.45, 7) is 11.2. The van der Waals surface area contributed by atoms with Gasteiger partial charge in [-0.1, -0.05) is 0 Å². The lowest BCUT2D eigenvalue weighted by atomic mass is 10.2. The first-order valence-corrected chi connectivity index (χ1v) is 9.08. The van der Waals surface area contributed by atoms with E-state index < -0.39 is 0 Å². The normalized spacial score (nSPS) is 17.8. The van der Waals surface area contributed by atoms with Gasteiger partial charge in [-0.3, -0.25) is 9.79 Å². The molecule has 1 unspecified atom stereocenters. The molecule has 7 nitrogen and oxygen atoms in total. The highest BCUT2D eigenvalue weighted by Crippen LogP contribution is 2.11. The van der Waals surface area contributed by atoms with E-state index >= 15 is 0 Å². The minimum Gasteiger partial charge on any atom is -0.377 e. The lowest BCUT2D eigenvalue weighted by Gasteiger charge is -2.25. The van der Waals surface area contributed by atoms with Gasteiger partial charge in [0.2, 0.25) is 5.91 Å². The molecule has 0 aromatic carbocycles. The summed E-state index contributed by atoms with van der Waals surface area (Å²) in [7, 11) is 1.89. The SMILES string of the molecule is CCNC(=NCCOCC1CCCO1)N(C)CC(=O)N(CC)CC. The molecule has 1 heterocycles. The van der Waals surface area contributed by atoms with Crippen molar-refractivity contribution in [1.82, 2.24) is 15.1 Å². The summed E-state index contributed by atoms with van der Waals surface area (Å²) in [5.74, 6) is 0.849. The van der Waals surface area contributed by atoms with Crippen LogP contribution in [0, 0.1) is 0 Å². The van der Waals surface area contributed by atoms with Crippen LogP contribution in [0.25, 0.3) is 0 Å². The molecule has 140 valence electrons. The first-order chi connectivity index (χ1) is 11.6. The Hall–Kier alpha value is -1.34. The fraction of sp³-hybridized carbons (Fsp3) is 0.882. The number of likely N-dealkylation sites (N-methyl/N-ethyl adjacent to an activating group) is 2. The van der Waals surface area contributed by atoms with E-state index in [0.29, 0.717) is 26.3 Å². The molecule has 0 aromatic heterocycles. The lowest BCUT2D eigenvalue weighted by molar-refractivity contribution is -0.131. The van der Waals surface area contributed by atoms with E-state index in [1.807, 2.05) is 37.6 Å². The molecule has 1 atom stereocenters. The second-order valence-corrected chi connectivity index (χ2v) is 5.87. The van der Waals surface area contributed by atoms with Crippen molar-refractivity contribution in [2.24, 2.45) is 4.99 Å². The van der Waals surface area contributed by atoms with Gasteiger partial charge in [0.15, 0.2) is 5.96 Å². The van der Waals surface area contributed by atoms with E-state index in [2.05, 4.69) is 10.3 Å². The molecule has 7 heteroatoms. The maximum Gasteiger partial charge on any atom is 0.242 e. The number of amides is 1. The molecule has 0 bridgehead atoms. The molecule has 1 fully saturated rings. The van der Waals surface area contributed by atoms with Crippen molar-refractivity contribution < 1.29 is 14.3 Å². The molecule has 1 saturated heterocycles. The Labute approximate surface area is 146 Å². The van der Waals surface area contributed by atoms with Crippen molar-refractivity contribution >= 4 is 11.9 Å². The van der Waals surface area contributed by atoms with Crippen LogP contribution in [-0.2, 0) is 14.3 Å². The van der Waals surface area contributed by atoms with E-state index in [9.17, 15) is 4.79 Å². The van der Waals surface area contributed by atoms with E-state index in [1.54, 1.807) is 0 Å². The summed E-state index contributed by atoms with van der Waals surface area (Å²) in [6.07, 6.45) is 2.46. The third kappa shape index (κ3) is 7.49. The molecular formula is C17H34N4O3. The van der Waals surface area contributed by atoms with Gasteiger partial charge in [-0.05, 0) is 33.6 Å². The van der Waals surface area contributed by atoms with Crippen molar-refractivity contribution in [3.05, 3.63) is 0 Å². The highest BCUT2D eigenvalue weighted by Gasteiger charge is 2.16. The number of nitrogens with zero attached hydrogens (tertiary/aromatic N) is 3. The summed E-state index contributed by atoms with van der Waals surface area (Å²) < 4.78 is 11.1. The van der Waals surface area contributed by atoms with Gasteiger partial charge >= 0.3 is 0 Å². The van der Waals surface area contributed by atoms with Gasteiger partial charge in [0.1, 0.15) is 0 Å². The van der Waals surface area contributed by atoms with E-state index in [1.165, 1.54) is 0 Å². The lowest BCUT2D eigenvalue weighted by Crippen LogP contribution is -2.45. The third-order valence-electron chi connectivity index (χ3n) is 4.01. The highest BCUT2D eigenvalue weighted by molar-refractivity contribution is 5.86. The molecule has 0 spiro atoms. The van der Waals surface area contributed by atoms with E-state index in [4.69, 9.17) is 9.47 Å². The number of aliphatic imine (C=N–C) groups is 1. The fourth-order valence-electron chi connectivity index (χ4n) is 2.63. The maximum atomic E-state index is 12.2.